The van der Waals surface area contributed by atoms with Gasteiger partial charge in [-0.05, 0) is 42.7 Å². The summed E-state index contributed by atoms with van der Waals surface area (Å²) in [6.07, 6.45) is 6.02. The third-order valence-electron chi connectivity index (χ3n) is 5.85. The van der Waals surface area contributed by atoms with Crippen LogP contribution in [0, 0.1) is 0 Å². The Kier molecular flexibility index (Phi) is 6.48. The highest BCUT2D eigenvalue weighted by molar-refractivity contribution is 7.85. The summed E-state index contributed by atoms with van der Waals surface area (Å²) < 4.78 is 13.3. The average Bonchev–Trinajstić information content (AvgIpc) is 3.33. The lowest BCUT2D eigenvalue weighted by Gasteiger charge is -2.23. The minimum atomic E-state index is -1.30. The molecule has 0 bridgehead atoms. The molecule has 0 saturated heterocycles. The normalized spacial score (nSPS) is 15.2. The first-order valence-electron chi connectivity index (χ1n) is 11.4. The van der Waals surface area contributed by atoms with E-state index in [4.69, 9.17) is 4.98 Å². The van der Waals surface area contributed by atoms with E-state index in [-0.39, 0.29) is 0 Å². The van der Waals surface area contributed by atoms with Gasteiger partial charge < -0.3 is 10.6 Å². The van der Waals surface area contributed by atoms with E-state index in [1.165, 1.54) is 19.3 Å². The van der Waals surface area contributed by atoms with E-state index < -0.39 is 10.8 Å². The van der Waals surface area contributed by atoms with Crippen molar-refractivity contribution in [3.05, 3.63) is 78.9 Å². The summed E-state index contributed by atoms with van der Waals surface area (Å²) in [7, 11) is -1.30. The van der Waals surface area contributed by atoms with Crippen molar-refractivity contribution < 1.29 is 4.21 Å². The van der Waals surface area contributed by atoms with Gasteiger partial charge in [-0.2, -0.15) is 5.10 Å². The molecule has 2 aromatic heterocycles. The van der Waals surface area contributed by atoms with Crippen molar-refractivity contribution in [1.82, 2.24) is 15.2 Å². The molecular formula is C26H27N5OS. The van der Waals surface area contributed by atoms with Crippen molar-refractivity contribution in [2.24, 2.45) is 0 Å². The number of aromatic nitrogens is 3. The fraction of sp³-hybridized carbons (Fsp3) is 0.231. The molecule has 7 heteroatoms. The maximum Gasteiger partial charge on any atom is 0.153 e. The lowest BCUT2D eigenvalue weighted by Crippen LogP contribution is -2.23. The Bertz CT molecular complexity index is 1220. The largest absolute Gasteiger partial charge is 0.367 e. The molecule has 5 rings (SSSR count). The lowest BCUT2D eigenvalue weighted by molar-refractivity contribution is 0.462. The number of nitrogens with zero attached hydrogens (tertiary/aromatic N) is 2. The number of anilines is 3. The van der Waals surface area contributed by atoms with Crippen LogP contribution in [0.3, 0.4) is 0 Å². The van der Waals surface area contributed by atoms with Crippen molar-refractivity contribution in [2.45, 2.75) is 47.9 Å². The van der Waals surface area contributed by atoms with Crippen LogP contribution in [-0.2, 0) is 10.8 Å². The Morgan fingerprint density at radius 2 is 1.48 bits per heavy atom. The Morgan fingerprint density at radius 1 is 0.788 bits per heavy atom. The third kappa shape index (κ3) is 5.31. The molecule has 1 fully saturated rings. The van der Waals surface area contributed by atoms with Crippen molar-refractivity contribution in [1.29, 1.82) is 0 Å². The van der Waals surface area contributed by atoms with Gasteiger partial charge in [0.15, 0.2) is 5.82 Å². The highest BCUT2D eigenvalue weighted by atomic mass is 32.2. The van der Waals surface area contributed by atoms with Gasteiger partial charge in [0.25, 0.3) is 0 Å². The minimum Gasteiger partial charge on any atom is -0.367 e. The molecule has 0 amide bonds. The molecule has 1 aliphatic carbocycles. The molecule has 6 nitrogen and oxygen atoms in total. The van der Waals surface area contributed by atoms with Gasteiger partial charge in [-0.25, -0.2) is 9.19 Å². The number of H-pyrrole nitrogens is 1. The van der Waals surface area contributed by atoms with Crippen molar-refractivity contribution in [3.63, 3.8) is 0 Å². The number of hydrogen-bond donors (Lipinski definition) is 3. The van der Waals surface area contributed by atoms with Crippen LogP contribution in [0.4, 0.5) is 17.5 Å². The van der Waals surface area contributed by atoms with Gasteiger partial charge in [0.05, 0.1) is 21.4 Å². The first-order chi connectivity index (χ1) is 16.2. The van der Waals surface area contributed by atoms with Crippen LogP contribution in [0.15, 0.2) is 88.7 Å². The second kappa shape index (κ2) is 10.0. The SMILES string of the molecule is O=S(c1ccccc1)c1cc(Nc2cc(-c3ccccc3)[nH]n2)nc(NC2CCCCC2)c1. The zero-order chi connectivity index (χ0) is 22.5. The average molecular weight is 458 g/mol. The van der Waals surface area contributed by atoms with Gasteiger partial charge in [-0.3, -0.25) is 5.10 Å². The molecule has 1 saturated carbocycles. The number of rotatable bonds is 7. The second-order valence-electron chi connectivity index (χ2n) is 8.29. The van der Waals surface area contributed by atoms with Crippen molar-refractivity contribution in [3.8, 4) is 11.3 Å². The van der Waals surface area contributed by atoms with Crippen LogP contribution < -0.4 is 10.6 Å². The smallest absolute Gasteiger partial charge is 0.153 e. The third-order valence-corrected chi connectivity index (χ3v) is 7.21. The minimum absolute atomic E-state index is 0.398. The molecule has 1 aliphatic rings. The highest BCUT2D eigenvalue weighted by Gasteiger charge is 2.17. The molecule has 1 atom stereocenters. The first-order valence-corrected chi connectivity index (χ1v) is 12.5. The summed E-state index contributed by atoms with van der Waals surface area (Å²) in [5.74, 6) is 2.01. The summed E-state index contributed by atoms with van der Waals surface area (Å²) in [6, 6.07) is 25.7. The summed E-state index contributed by atoms with van der Waals surface area (Å²) >= 11 is 0. The predicted molar refractivity (Wildman–Crippen MR) is 133 cm³/mol. The van der Waals surface area contributed by atoms with E-state index in [9.17, 15) is 4.21 Å². The number of aromatic amines is 1. The number of benzene rings is 2. The van der Waals surface area contributed by atoms with Crippen LogP contribution in [0.1, 0.15) is 32.1 Å². The summed E-state index contributed by atoms with van der Waals surface area (Å²) in [4.78, 5) is 6.24. The zero-order valence-corrected chi connectivity index (χ0v) is 19.1. The van der Waals surface area contributed by atoms with Crippen molar-refractivity contribution >= 4 is 28.3 Å². The molecule has 2 heterocycles. The number of nitrogens with one attached hydrogen (secondary N) is 3. The Hall–Kier alpha value is -3.45. The van der Waals surface area contributed by atoms with E-state index in [2.05, 4.69) is 20.8 Å². The fourth-order valence-corrected chi connectivity index (χ4v) is 5.28. The van der Waals surface area contributed by atoms with Gasteiger partial charge in [0, 0.05) is 17.0 Å². The fourth-order valence-electron chi connectivity index (χ4n) is 4.17. The molecular weight excluding hydrogens is 430 g/mol. The van der Waals surface area contributed by atoms with Gasteiger partial charge in [-0.1, -0.05) is 67.8 Å². The molecule has 1 unspecified atom stereocenters. The highest BCUT2D eigenvalue weighted by Crippen LogP contribution is 2.27. The molecule has 33 heavy (non-hydrogen) atoms. The molecule has 168 valence electrons. The van der Waals surface area contributed by atoms with E-state index in [0.29, 0.717) is 22.6 Å². The van der Waals surface area contributed by atoms with E-state index >= 15 is 0 Å². The second-order valence-corrected chi connectivity index (χ2v) is 9.77. The Balaban J connectivity index is 1.43. The standard InChI is InChI=1S/C26H27N5OS/c32-33(21-14-8-3-9-15-21)22-16-24(27-20-12-6-2-7-13-20)28-25(17-22)29-26-18-23(30-31-26)19-10-4-1-5-11-19/h1,3-5,8-11,14-18,20H,2,6-7,12-13H2,(H3,27,28,29,30,31). The van der Waals surface area contributed by atoms with Gasteiger partial charge in [-0.15, -0.1) is 0 Å². The predicted octanol–water partition coefficient (Wildman–Crippen LogP) is 6.13. The lowest BCUT2D eigenvalue weighted by atomic mass is 9.95. The van der Waals surface area contributed by atoms with Gasteiger partial charge in [0.2, 0.25) is 0 Å². The van der Waals surface area contributed by atoms with Crippen LogP contribution in [-0.4, -0.2) is 25.4 Å². The summed E-state index contributed by atoms with van der Waals surface area (Å²) in [5.41, 5.74) is 1.98. The van der Waals surface area contributed by atoms with Crippen LogP contribution in [0.2, 0.25) is 0 Å². The topological polar surface area (TPSA) is 82.7 Å². The Labute approximate surface area is 196 Å². The number of hydrogen-bond acceptors (Lipinski definition) is 5. The van der Waals surface area contributed by atoms with E-state index in [0.717, 1.165) is 34.8 Å². The molecule has 2 aromatic carbocycles. The van der Waals surface area contributed by atoms with Crippen molar-refractivity contribution in [2.75, 3.05) is 10.6 Å². The zero-order valence-electron chi connectivity index (χ0n) is 18.3. The van der Waals surface area contributed by atoms with Gasteiger partial charge >= 0.3 is 0 Å². The quantitative estimate of drug-likeness (QED) is 0.311. The molecule has 0 spiro atoms. The molecule has 0 aliphatic heterocycles. The molecule has 0 radical (unpaired) electrons. The van der Waals surface area contributed by atoms with E-state index in [1.807, 2.05) is 78.9 Å². The molecule has 3 N–H and O–H groups in total. The van der Waals surface area contributed by atoms with Crippen LogP contribution in [0.5, 0.6) is 0 Å². The first kappa shape index (κ1) is 21.4. The maximum absolute atomic E-state index is 13.3. The number of pyridine rings is 1. The van der Waals surface area contributed by atoms with Crippen LogP contribution >= 0.6 is 0 Å². The van der Waals surface area contributed by atoms with Gasteiger partial charge in [0.1, 0.15) is 11.6 Å². The summed E-state index contributed by atoms with van der Waals surface area (Å²) in [5, 5.41) is 14.3. The maximum atomic E-state index is 13.3. The van der Waals surface area contributed by atoms with E-state index in [1.54, 1.807) is 0 Å². The Morgan fingerprint density at radius 3 is 2.24 bits per heavy atom. The van der Waals surface area contributed by atoms with Crippen LogP contribution in [0.25, 0.3) is 11.3 Å². The molecule has 4 aromatic rings. The monoisotopic (exact) mass is 457 g/mol. The summed E-state index contributed by atoms with van der Waals surface area (Å²) in [6.45, 7) is 0.